The molecule has 0 rings (SSSR count). The molecule has 0 spiro atoms. The molecule has 0 fully saturated rings. The average molecular weight is 593 g/mol. The van der Waals surface area contributed by atoms with Gasteiger partial charge in [0, 0.05) is 12.8 Å². The molecular weight excluding hydrogens is 524 g/mol. The fourth-order valence-corrected chi connectivity index (χ4v) is 4.91. The topological polar surface area (TPSA) is 72.8 Å². The number of ether oxygens (including phenoxy) is 2. The van der Waals surface area contributed by atoms with Crippen LogP contribution in [-0.2, 0) is 19.1 Å². The van der Waals surface area contributed by atoms with Gasteiger partial charge in [0.15, 0.2) is 0 Å². The van der Waals surface area contributed by atoms with Crippen LogP contribution in [0.25, 0.3) is 0 Å². The Kier molecular flexibility index (Phi) is 32.6. The predicted molar refractivity (Wildman–Crippen MR) is 178 cm³/mol. The van der Waals surface area contributed by atoms with E-state index in [1.165, 1.54) is 116 Å². The summed E-state index contributed by atoms with van der Waals surface area (Å²) in [6.07, 6.45) is 38.0. The van der Waals surface area contributed by atoms with Gasteiger partial charge < -0.3 is 14.6 Å². The third-order valence-corrected chi connectivity index (χ3v) is 7.66. The molecule has 1 N–H and O–H groups in total. The summed E-state index contributed by atoms with van der Waals surface area (Å²) in [4.78, 5) is 23.8. The quantitative estimate of drug-likeness (QED) is 0.0478. The van der Waals surface area contributed by atoms with E-state index in [9.17, 15) is 14.7 Å². The fraction of sp³-hybridized carbons (Fsp3) is 0.838. The van der Waals surface area contributed by atoms with Crippen LogP contribution in [-0.4, -0.2) is 36.4 Å². The minimum atomic E-state index is -0.972. The monoisotopic (exact) mass is 593 g/mol. The van der Waals surface area contributed by atoms with E-state index >= 15 is 0 Å². The number of carbonyl (C=O) groups excluding carboxylic acids is 2. The number of aliphatic hydroxyl groups excluding tert-OH is 1. The van der Waals surface area contributed by atoms with Crippen molar-refractivity contribution in [3.8, 4) is 0 Å². The zero-order chi connectivity index (χ0) is 30.8. The maximum absolute atomic E-state index is 11.9. The van der Waals surface area contributed by atoms with Crippen molar-refractivity contribution in [2.75, 3.05) is 13.2 Å². The first-order valence-corrected chi connectivity index (χ1v) is 17.9. The lowest BCUT2D eigenvalue weighted by Gasteiger charge is -2.12. The Balaban J connectivity index is 3.46. The second-order valence-electron chi connectivity index (χ2n) is 12.0. The summed E-state index contributed by atoms with van der Waals surface area (Å²) < 4.78 is 10.3. The Labute approximate surface area is 260 Å². The van der Waals surface area contributed by atoms with E-state index < -0.39 is 6.10 Å². The Bertz CT molecular complexity index is 642. The molecular formula is C37H68O5. The van der Waals surface area contributed by atoms with Gasteiger partial charge in [0.1, 0.15) is 19.3 Å². The third kappa shape index (κ3) is 32.9. The van der Waals surface area contributed by atoms with Gasteiger partial charge in [-0.3, -0.25) is 9.59 Å². The molecule has 0 heterocycles. The van der Waals surface area contributed by atoms with E-state index in [-0.39, 0.29) is 25.2 Å². The predicted octanol–water partition coefficient (Wildman–Crippen LogP) is 10.7. The molecule has 0 aromatic heterocycles. The van der Waals surface area contributed by atoms with Crippen molar-refractivity contribution in [1.82, 2.24) is 0 Å². The lowest BCUT2D eigenvalue weighted by Crippen LogP contribution is -2.25. The van der Waals surface area contributed by atoms with Crippen LogP contribution in [0.1, 0.15) is 181 Å². The molecule has 5 heteroatoms. The molecule has 0 unspecified atom stereocenters. The van der Waals surface area contributed by atoms with Crippen molar-refractivity contribution in [2.45, 2.75) is 187 Å². The Hall–Kier alpha value is -1.62. The van der Waals surface area contributed by atoms with E-state index in [0.717, 1.165) is 38.5 Å². The summed E-state index contributed by atoms with van der Waals surface area (Å²) >= 11 is 0. The van der Waals surface area contributed by atoms with Crippen LogP contribution in [0.3, 0.4) is 0 Å². The van der Waals surface area contributed by atoms with Crippen molar-refractivity contribution < 1.29 is 24.2 Å². The molecule has 0 aliphatic heterocycles. The van der Waals surface area contributed by atoms with Crippen molar-refractivity contribution in [2.24, 2.45) is 0 Å². The maximum atomic E-state index is 11.9. The van der Waals surface area contributed by atoms with Crippen LogP contribution in [0.15, 0.2) is 24.3 Å². The summed E-state index contributed by atoms with van der Waals surface area (Å²) in [5.74, 6) is -0.606. The molecule has 0 aromatic rings. The second-order valence-corrected chi connectivity index (χ2v) is 12.0. The number of hydrogen-bond donors (Lipinski definition) is 1. The van der Waals surface area contributed by atoms with E-state index in [4.69, 9.17) is 9.47 Å². The highest BCUT2D eigenvalue weighted by Gasteiger charge is 2.12. The number of esters is 2. The highest BCUT2D eigenvalue weighted by atomic mass is 16.6. The molecule has 1 atom stereocenters. The highest BCUT2D eigenvalue weighted by molar-refractivity contribution is 5.69. The van der Waals surface area contributed by atoms with Gasteiger partial charge in [0.05, 0.1) is 0 Å². The van der Waals surface area contributed by atoms with E-state index in [1.54, 1.807) is 0 Å². The van der Waals surface area contributed by atoms with Crippen LogP contribution in [0.5, 0.6) is 0 Å². The summed E-state index contributed by atoms with van der Waals surface area (Å²) in [6.45, 7) is 4.25. The van der Waals surface area contributed by atoms with Crippen molar-refractivity contribution in [3.63, 3.8) is 0 Å². The van der Waals surface area contributed by atoms with Crippen LogP contribution in [0.2, 0.25) is 0 Å². The van der Waals surface area contributed by atoms with E-state index in [0.29, 0.717) is 12.8 Å². The molecule has 246 valence electrons. The number of hydrogen-bond acceptors (Lipinski definition) is 5. The molecule has 0 bridgehead atoms. The molecule has 42 heavy (non-hydrogen) atoms. The van der Waals surface area contributed by atoms with Crippen LogP contribution in [0, 0.1) is 0 Å². The molecule has 0 aromatic carbocycles. The van der Waals surface area contributed by atoms with Gasteiger partial charge in [0.2, 0.25) is 0 Å². The Morgan fingerprint density at radius 1 is 0.476 bits per heavy atom. The van der Waals surface area contributed by atoms with Gasteiger partial charge in [-0.2, -0.15) is 0 Å². The number of carbonyl (C=O) groups is 2. The first kappa shape index (κ1) is 40.4. The van der Waals surface area contributed by atoms with Gasteiger partial charge in [-0.1, -0.05) is 134 Å². The lowest BCUT2D eigenvalue weighted by atomic mass is 10.1. The molecule has 0 aliphatic rings. The zero-order valence-electron chi connectivity index (χ0n) is 27.8. The minimum Gasteiger partial charge on any atom is -0.463 e. The SMILES string of the molecule is CCCCCCCC/C=C\CCCCCCCCCC(=O)OC[C@H](O)COC(=O)CCC/C=C\CCCCCCCC. The summed E-state index contributed by atoms with van der Waals surface area (Å²) in [7, 11) is 0. The number of aliphatic hydroxyl groups is 1. The third-order valence-electron chi connectivity index (χ3n) is 7.66. The Morgan fingerprint density at radius 2 is 0.786 bits per heavy atom. The average Bonchev–Trinajstić information content (AvgIpc) is 2.99. The summed E-state index contributed by atoms with van der Waals surface area (Å²) in [6, 6.07) is 0. The standard InChI is InChI=1S/C37H68O5/c1-3-5-7-9-11-13-15-16-17-18-19-20-22-24-26-28-30-32-37(40)42-34-35(38)33-41-36(39)31-29-27-25-23-21-14-12-10-8-6-4-2/h16-17,23,25,35,38H,3-15,18-22,24,26-34H2,1-2H3/b17-16-,25-23-/t35-/m1/s1. The number of unbranched alkanes of at least 4 members (excludes halogenated alkanes) is 20. The summed E-state index contributed by atoms with van der Waals surface area (Å²) in [5.41, 5.74) is 0. The Morgan fingerprint density at radius 3 is 1.19 bits per heavy atom. The molecule has 0 saturated carbocycles. The summed E-state index contributed by atoms with van der Waals surface area (Å²) in [5, 5.41) is 9.96. The maximum Gasteiger partial charge on any atom is 0.305 e. The van der Waals surface area contributed by atoms with Gasteiger partial charge in [-0.05, 0) is 57.8 Å². The van der Waals surface area contributed by atoms with Crippen LogP contribution in [0.4, 0.5) is 0 Å². The van der Waals surface area contributed by atoms with Crippen LogP contribution < -0.4 is 0 Å². The normalized spacial score (nSPS) is 12.4. The van der Waals surface area contributed by atoms with Crippen LogP contribution >= 0.6 is 0 Å². The second kappa shape index (κ2) is 33.9. The van der Waals surface area contributed by atoms with Crippen molar-refractivity contribution >= 4 is 11.9 Å². The zero-order valence-corrected chi connectivity index (χ0v) is 27.8. The molecule has 0 amide bonds. The van der Waals surface area contributed by atoms with Crippen molar-refractivity contribution in [3.05, 3.63) is 24.3 Å². The number of allylic oxidation sites excluding steroid dienone is 4. The van der Waals surface area contributed by atoms with Gasteiger partial charge in [-0.15, -0.1) is 0 Å². The lowest BCUT2D eigenvalue weighted by molar-refractivity contribution is -0.152. The first-order chi connectivity index (χ1) is 20.6. The first-order valence-electron chi connectivity index (χ1n) is 17.9. The van der Waals surface area contributed by atoms with E-state index in [1.807, 2.05) is 0 Å². The number of rotatable bonds is 32. The highest BCUT2D eigenvalue weighted by Crippen LogP contribution is 2.12. The molecule has 0 aliphatic carbocycles. The fourth-order valence-electron chi connectivity index (χ4n) is 4.91. The van der Waals surface area contributed by atoms with Crippen molar-refractivity contribution in [1.29, 1.82) is 0 Å². The van der Waals surface area contributed by atoms with Gasteiger partial charge in [-0.25, -0.2) is 0 Å². The largest absolute Gasteiger partial charge is 0.463 e. The van der Waals surface area contributed by atoms with Gasteiger partial charge >= 0.3 is 11.9 Å². The molecule has 0 radical (unpaired) electrons. The molecule has 0 saturated heterocycles. The van der Waals surface area contributed by atoms with E-state index in [2.05, 4.69) is 38.2 Å². The molecule has 5 nitrogen and oxygen atoms in total. The minimum absolute atomic E-state index is 0.124. The van der Waals surface area contributed by atoms with Gasteiger partial charge in [0.25, 0.3) is 0 Å². The smallest absolute Gasteiger partial charge is 0.305 e.